The number of carbonyl (C=O) groups is 1. The molecule has 3 aliphatic heterocycles. The molecule has 0 aromatic heterocycles. The molecule has 0 saturated carbocycles. The second-order valence-corrected chi connectivity index (χ2v) is 5.27. The highest BCUT2D eigenvalue weighted by atomic mass is 16.5. The maximum absolute atomic E-state index is 12.3. The van der Waals surface area contributed by atoms with Gasteiger partial charge in [0.2, 0.25) is 5.91 Å². The Morgan fingerprint density at radius 3 is 2.82 bits per heavy atom. The summed E-state index contributed by atoms with van der Waals surface area (Å²) >= 11 is 0. The van der Waals surface area contributed by atoms with E-state index in [1.807, 2.05) is 4.90 Å². The Labute approximate surface area is 101 Å². The van der Waals surface area contributed by atoms with Gasteiger partial charge in [0.1, 0.15) is 0 Å². The van der Waals surface area contributed by atoms with Crippen molar-refractivity contribution in [3.8, 4) is 6.07 Å². The number of rotatable bonds is 1. The van der Waals surface area contributed by atoms with E-state index >= 15 is 0 Å². The molecule has 1 atom stereocenters. The first kappa shape index (κ1) is 11.0. The predicted molar refractivity (Wildman–Crippen MR) is 60.0 cm³/mol. The standard InChI is InChI=1S/C12H17N3O2/c13-7-12(8-17-9-12)11(16)15-5-4-14-3-1-2-10(14)6-15/h10H,1-6,8-9H2. The average Bonchev–Trinajstić information content (AvgIpc) is 2.74. The number of amides is 1. The van der Waals surface area contributed by atoms with Gasteiger partial charge in [0.15, 0.2) is 5.41 Å². The molecule has 92 valence electrons. The second-order valence-electron chi connectivity index (χ2n) is 5.27. The second kappa shape index (κ2) is 3.97. The summed E-state index contributed by atoms with van der Waals surface area (Å²) in [4.78, 5) is 16.7. The van der Waals surface area contributed by atoms with Gasteiger partial charge in [-0.1, -0.05) is 0 Å². The maximum Gasteiger partial charge on any atom is 0.247 e. The van der Waals surface area contributed by atoms with E-state index in [1.54, 1.807) is 0 Å². The van der Waals surface area contributed by atoms with Crippen molar-refractivity contribution in [3.63, 3.8) is 0 Å². The normalized spacial score (nSPS) is 31.5. The summed E-state index contributed by atoms with van der Waals surface area (Å²) in [6, 6.07) is 2.66. The first-order valence-electron chi connectivity index (χ1n) is 6.28. The van der Waals surface area contributed by atoms with Gasteiger partial charge >= 0.3 is 0 Å². The van der Waals surface area contributed by atoms with Crippen LogP contribution in [0.4, 0.5) is 0 Å². The number of ether oxygens (including phenoxy) is 1. The first-order chi connectivity index (χ1) is 8.25. The minimum Gasteiger partial charge on any atom is -0.377 e. The van der Waals surface area contributed by atoms with Gasteiger partial charge in [0.05, 0.1) is 19.3 Å². The molecule has 0 N–H and O–H groups in total. The Morgan fingerprint density at radius 1 is 1.35 bits per heavy atom. The topological polar surface area (TPSA) is 56.6 Å². The van der Waals surface area contributed by atoms with Gasteiger partial charge in [0, 0.05) is 25.7 Å². The molecule has 3 saturated heterocycles. The molecule has 0 aromatic rings. The van der Waals surface area contributed by atoms with Gasteiger partial charge in [-0.15, -0.1) is 0 Å². The zero-order valence-electron chi connectivity index (χ0n) is 9.89. The number of hydrogen-bond donors (Lipinski definition) is 0. The molecule has 1 unspecified atom stereocenters. The van der Waals surface area contributed by atoms with Gasteiger partial charge in [0.25, 0.3) is 0 Å². The number of piperazine rings is 1. The van der Waals surface area contributed by atoms with Crippen molar-refractivity contribution in [3.05, 3.63) is 0 Å². The van der Waals surface area contributed by atoms with Crippen LogP contribution in [-0.2, 0) is 9.53 Å². The monoisotopic (exact) mass is 235 g/mol. The zero-order chi connectivity index (χ0) is 11.9. The van der Waals surface area contributed by atoms with E-state index in [1.165, 1.54) is 19.4 Å². The van der Waals surface area contributed by atoms with Crippen molar-refractivity contribution in [2.45, 2.75) is 18.9 Å². The molecule has 3 heterocycles. The summed E-state index contributed by atoms with van der Waals surface area (Å²) in [5.74, 6) is -0.0159. The van der Waals surface area contributed by atoms with Crippen molar-refractivity contribution >= 4 is 5.91 Å². The Kier molecular flexibility index (Phi) is 2.57. The van der Waals surface area contributed by atoms with Crippen LogP contribution in [0.25, 0.3) is 0 Å². The highest BCUT2D eigenvalue weighted by molar-refractivity contribution is 5.86. The smallest absolute Gasteiger partial charge is 0.247 e. The number of fused-ring (bicyclic) bond motifs is 1. The molecule has 0 aliphatic carbocycles. The van der Waals surface area contributed by atoms with Gasteiger partial charge in [-0.3, -0.25) is 9.69 Å². The number of nitriles is 1. The van der Waals surface area contributed by atoms with Crippen molar-refractivity contribution in [1.29, 1.82) is 5.26 Å². The lowest BCUT2D eigenvalue weighted by Crippen LogP contribution is -2.60. The van der Waals surface area contributed by atoms with E-state index in [4.69, 9.17) is 10.00 Å². The highest BCUT2D eigenvalue weighted by Crippen LogP contribution is 2.31. The van der Waals surface area contributed by atoms with E-state index in [9.17, 15) is 4.79 Å². The van der Waals surface area contributed by atoms with Crippen LogP contribution < -0.4 is 0 Å². The third-order valence-corrected chi connectivity index (χ3v) is 4.19. The SMILES string of the molecule is N#CC1(C(=O)N2CCN3CCCC3C2)COC1. The lowest BCUT2D eigenvalue weighted by Gasteiger charge is -2.43. The van der Waals surface area contributed by atoms with E-state index in [0.29, 0.717) is 6.04 Å². The Morgan fingerprint density at radius 2 is 2.18 bits per heavy atom. The summed E-state index contributed by atoms with van der Waals surface area (Å²) < 4.78 is 5.05. The number of hydrogen-bond acceptors (Lipinski definition) is 4. The van der Waals surface area contributed by atoms with Crippen LogP contribution in [0.2, 0.25) is 0 Å². The van der Waals surface area contributed by atoms with Crippen LogP contribution in [0.3, 0.4) is 0 Å². The lowest BCUT2D eigenvalue weighted by atomic mass is 9.85. The van der Waals surface area contributed by atoms with Gasteiger partial charge in [-0.05, 0) is 19.4 Å². The van der Waals surface area contributed by atoms with E-state index in [0.717, 1.165) is 19.6 Å². The van der Waals surface area contributed by atoms with Crippen LogP contribution in [0.5, 0.6) is 0 Å². The summed E-state index contributed by atoms with van der Waals surface area (Å²) in [6.45, 7) is 4.22. The molecule has 3 fully saturated rings. The van der Waals surface area contributed by atoms with Crippen LogP contribution in [-0.4, -0.2) is 61.1 Å². The Hall–Kier alpha value is -1.12. The van der Waals surface area contributed by atoms with Crippen molar-refractivity contribution in [2.24, 2.45) is 5.41 Å². The largest absolute Gasteiger partial charge is 0.377 e. The zero-order valence-corrected chi connectivity index (χ0v) is 9.89. The molecule has 0 bridgehead atoms. The fourth-order valence-corrected chi connectivity index (χ4v) is 3.02. The summed E-state index contributed by atoms with van der Waals surface area (Å²) in [6.07, 6.45) is 2.42. The van der Waals surface area contributed by atoms with Crippen LogP contribution in [0.15, 0.2) is 0 Å². The fraction of sp³-hybridized carbons (Fsp3) is 0.833. The van der Waals surface area contributed by atoms with Crippen LogP contribution in [0.1, 0.15) is 12.8 Å². The molecule has 5 nitrogen and oxygen atoms in total. The Balaban J connectivity index is 1.69. The van der Waals surface area contributed by atoms with Crippen LogP contribution >= 0.6 is 0 Å². The third kappa shape index (κ3) is 1.63. The van der Waals surface area contributed by atoms with Crippen molar-refractivity contribution < 1.29 is 9.53 Å². The van der Waals surface area contributed by atoms with Gasteiger partial charge in [-0.25, -0.2) is 0 Å². The predicted octanol–water partition coefficient (Wildman–Crippen LogP) is -0.167. The quantitative estimate of drug-likeness (QED) is 0.633. The number of carbonyl (C=O) groups excluding carboxylic acids is 1. The molecule has 3 rings (SSSR count). The average molecular weight is 235 g/mol. The minimum atomic E-state index is -0.874. The van der Waals surface area contributed by atoms with Crippen molar-refractivity contribution in [1.82, 2.24) is 9.80 Å². The van der Waals surface area contributed by atoms with E-state index in [2.05, 4.69) is 11.0 Å². The molecular formula is C12H17N3O2. The van der Waals surface area contributed by atoms with Gasteiger partial charge in [-0.2, -0.15) is 5.26 Å². The van der Waals surface area contributed by atoms with E-state index < -0.39 is 5.41 Å². The minimum absolute atomic E-state index is 0.0159. The molecule has 17 heavy (non-hydrogen) atoms. The molecule has 1 amide bonds. The third-order valence-electron chi connectivity index (χ3n) is 4.19. The van der Waals surface area contributed by atoms with Gasteiger partial charge < -0.3 is 9.64 Å². The molecule has 0 spiro atoms. The van der Waals surface area contributed by atoms with Crippen molar-refractivity contribution in [2.75, 3.05) is 39.4 Å². The molecule has 5 heteroatoms. The molecule has 0 aromatic carbocycles. The molecular weight excluding hydrogens is 218 g/mol. The summed E-state index contributed by atoms with van der Waals surface area (Å²) in [7, 11) is 0. The first-order valence-corrected chi connectivity index (χ1v) is 6.28. The van der Waals surface area contributed by atoms with E-state index in [-0.39, 0.29) is 19.1 Å². The number of nitrogens with zero attached hydrogens (tertiary/aromatic N) is 3. The molecule has 3 aliphatic rings. The molecule has 0 radical (unpaired) electrons. The summed E-state index contributed by atoms with van der Waals surface area (Å²) in [5.41, 5.74) is -0.874. The lowest BCUT2D eigenvalue weighted by molar-refractivity contribution is -0.163. The maximum atomic E-state index is 12.3. The summed E-state index contributed by atoms with van der Waals surface area (Å²) in [5, 5.41) is 9.14. The fourth-order valence-electron chi connectivity index (χ4n) is 3.02. The highest BCUT2D eigenvalue weighted by Gasteiger charge is 2.50. The van der Waals surface area contributed by atoms with Crippen LogP contribution in [0, 0.1) is 16.7 Å². The Bertz CT molecular complexity index is 372.